The van der Waals surface area contributed by atoms with Crippen LogP contribution >= 0.6 is 11.6 Å². The van der Waals surface area contributed by atoms with E-state index in [1.807, 2.05) is 0 Å². The Kier molecular flexibility index (Phi) is 8.72. The highest BCUT2D eigenvalue weighted by molar-refractivity contribution is 6.31. The molecule has 5 rings (SSSR count). The largest absolute Gasteiger partial charge is 0.493 e. The molecule has 3 heterocycles. The predicted octanol–water partition coefficient (Wildman–Crippen LogP) is 5.73. The average Bonchev–Trinajstić information content (AvgIpc) is 3.49. The SMILES string of the molecule is COc1cc2ncc(C#N)c(Nc3cccc(Cl)c3F)c2cc1OC1CCN(C(=O)OCCN2CCCC2)CC1. The van der Waals surface area contributed by atoms with Crippen LogP contribution < -0.4 is 14.8 Å². The second kappa shape index (κ2) is 12.6. The average molecular weight is 568 g/mol. The molecule has 1 N–H and O–H groups in total. The Hall–Kier alpha value is -3.81. The van der Waals surface area contributed by atoms with Crippen molar-refractivity contribution in [1.82, 2.24) is 14.8 Å². The van der Waals surface area contributed by atoms with Gasteiger partial charge in [-0.2, -0.15) is 5.26 Å². The van der Waals surface area contributed by atoms with E-state index in [-0.39, 0.29) is 28.5 Å². The molecule has 1 amide bonds. The molecule has 1 aromatic heterocycles. The van der Waals surface area contributed by atoms with Gasteiger partial charge in [0.1, 0.15) is 18.8 Å². The normalized spacial score (nSPS) is 16.1. The number of piperidine rings is 1. The van der Waals surface area contributed by atoms with Crippen LogP contribution in [0.25, 0.3) is 10.9 Å². The van der Waals surface area contributed by atoms with E-state index in [4.69, 9.17) is 25.8 Å². The highest BCUT2D eigenvalue weighted by Gasteiger charge is 2.26. The van der Waals surface area contributed by atoms with E-state index in [0.29, 0.717) is 60.6 Å². The number of nitriles is 1. The van der Waals surface area contributed by atoms with Gasteiger partial charge >= 0.3 is 6.09 Å². The Bertz CT molecular complexity index is 1420. The van der Waals surface area contributed by atoms with E-state index in [2.05, 4.69) is 21.3 Å². The number of anilines is 2. The number of benzene rings is 2. The molecule has 210 valence electrons. The predicted molar refractivity (Wildman–Crippen MR) is 150 cm³/mol. The number of aromatic nitrogens is 1. The fourth-order valence-corrected chi connectivity index (χ4v) is 5.28. The van der Waals surface area contributed by atoms with Crippen molar-refractivity contribution in [2.45, 2.75) is 31.8 Å². The van der Waals surface area contributed by atoms with Crippen LogP contribution in [0.3, 0.4) is 0 Å². The molecule has 2 saturated heterocycles. The summed E-state index contributed by atoms with van der Waals surface area (Å²) in [5, 5.41) is 13.3. The Morgan fingerprint density at radius 2 is 1.98 bits per heavy atom. The summed E-state index contributed by atoms with van der Waals surface area (Å²) in [5.74, 6) is 0.325. The van der Waals surface area contributed by atoms with Crippen molar-refractivity contribution >= 4 is 40.0 Å². The van der Waals surface area contributed by atoms with Crippen molar-refractivity contribution in [2.24, 2.45) is 0 Å². The van der Waals surface area contributed by atoms with Gasteiger partial charge in [-0.1, -0.05) is 17.7 Å². The third-order valence-corrected chi connectivity index (χ3v) is 7.60. The smallest absolute Gasteiger partial charge is 0.409 e. The zero-order valence-corrected chi connectivity index (χ0v) is 23.0. The molecule has 2 aromatic carbocycles. The summed E-state index contributed by atoms with van der Waals surface area (Å²) < 4.78 is 32.1. The molecule has 0 spiro atoms. The van der Waals surface area contributed by atoms with Gasteiger partial charge in [0.15, 0.2) is 17.3 Å². The third-order valence-electron chi connectivity index (χ3n) is 7.31. The number of hydrogen-bond donors (Lipinski definition) is 1. The standard InChI is InChI=1S/C29H31ClFN5O4/c1-38-25-16-24-21(28(19(17-32)18-33-24)34-23-6-4-5-22(30)27(23)31)15-26(25)40-20-7-11-36(12-8-20)29(37)39-14-13-35-9-2-3-10-35/h4-6,15-16,18,20H,2-3,7-14H2,1H3,(H,33,34). The molecule has 11 heteroatoms. The Balaban J connectivity index is 1.29. The lowest BCUT2D eigenvalue weighted by molar-refractivity contribution is 0.0625. The van der Waals surface area contributed by atoms with Gasteiger partial charge in [0, 0.05) is 50.1 Å². The number of carbonyl (C=O) groups is 1. The van der Waals surface area contributed by atoms with Crippen LogP contribution in [0.15, 0.2) is 36.5 Å². The molecule has 2 aliphatic heterocycles. The fourth-order valence-electron chi connectivity index (χ4n) is 5.10. The lowest BCUT2D eigenvalue weighted by Gasteiger charge is -2.32. The van der Waals surface area contributed by atoms with Crippen LogP contribution in [0, 0.1) is 17.1 Å². The first-order valence-electron chi connectivity index (χ1n) is 13.4. The van der Waals surface area contributed by atoms with E-state index in [1.165, 1.54) is 25.1 Å². The van der Waals surface area contributed by atoms with Crippen LogP contribution in [0.5, 0.6) is 11.5 Å². The summed E-state index contributed by atoms with van der Waals surface area (Å²) in [6.07, 6.45) is 4.63. The van der Waals surface area contributed by atoms with Gasteiger partial charge in [0.25, 0.3) is 0 Å². The van der Waals surface area contributed by atoms with Crippen LogP contribution in [0.1, 0.15) is 31.2 Å². The number of carbonyl (C=O) groups excluding carboxylic acids is 1. The lowest BCUT2D eigenvalue weighted by Crippen LogP contribution is -2.42. The second-order valence-electron chi connectivity index (χ2n) is 9.87. The van der Waals surface area contributed by atoms with Crippen molar-refractivity contribution < 1.29 is 23.4 Å². The third kappa shape index (κ3) is 6.16. The molecule has 0 unspecified atom stereocenters. The minimum Gasteiger partial charge on any atom is -0.493 e. The topological polar surface area (TPSA) is 99.9 Å². The zero-order valence-electron chi connectivity index (χ0n) is 22.3. The van der Waals surface area contributed by atoms with E-state index >= 15 is 0 Å². The van der Waals surface area contributed by atoms with Gasteiger partial charge in [-0.3, -0.25) is 9.88 Å². The van der Waals surface area contributed by atoms with Crippen molar-refractivity contribution in [1.29, 1.82) is 5.26 Å². The molecule has 3 aromatic rings. The summed E-state index contributed by atoms with van der Waals surface area (Å²) >= 11 is 5.96. The lowest BCUT2D eigenvalue weighted by atomic mass is 10.1. The van der Waals surface area contributed by atoms with Gasteiger partial charge in [0.05, 0.1) is 34.6 Å². The van der Waals surface area contributed by atoms with Crippen LogP contribution in [-0.4, -0.2) is 73.4 Å². The van der Waals surface area contributed by atoms with E-state index in [9.17, 15) is 14.4 Å². The number of nitrogens with zero attached hydrogens (tertiary/aromatic N) is 4. The van der Waals surface area contributed by atoms with Gasteiger partial charge in [-0.25, -0.2) is 9.18 Å². The molecular formula is C29H31ClFN5O4. The molecule has 2 aliphatic rings. The van der Waals surface area contributed by atoms with Crippen molar-refractivity contribution in [3.05, 3.63) is 52.9 Å². The summed E-state index contributed by atoms with van der Waals surface area (Å²) in [7, 11) is 1.54. The van der Waals surface area contributed by atoms with E-state index < -0.39 is 5.82 Å². The van der Waals surface area contributed by atoms with Crippen LogP contribution in [-0.2, 0) is 4.74 Å². The van der Waals surface area contributed by atoms with Crippen LogP contribution in [0.2, 0.25) is 5.02 Å². The number of methoxy groups -OCH3 is 1. The number of likely N-dealkylation sites (tertiary alicyclic amines) is 2. The highest BCUT2D eigenvalue weighted by atomic mass is 35.5. The quantitative estimate of drug-likeness (QED) is 0.368. The first-order chi connectivity index (χ1) is 19.5. The number of amides is 1. The maximum atomic E-state index is 14.7. The number of nitrogens with one attached hydrogen (secondary N) is 1. The highest BCUT2D eigenvalue weighted by Crippen LogP contribution is 2.39. The summed E-state index contributed by atoms with van der Waals surface area (Å²) in [6.45, 7) is 4.35. The van der Waals surface area contributed by atoms with E-state index in [0.717, 1.165) is 19.6 Å². The van der Waals surface area contributed by atoms with Gasteiger partial charge in [0.2, 0.25) is 0 Å². The van der Waals surface area contributed by atoms with Gasteiger partial charge in [-0.05, 0) is 44.1 Å². The number of halogens is 2. The maximum absolute atomic E-state index is 14.7. The van der Waals surface area contributed by atoms with Crippen molar-refractivity contribution in [3.63, 3.8) is 0 Å². The molecule has 40 heavy (non-hydrogen) atoms. The van der Waals surface area contributed by atoms with Crippen LogP contribution in [0.4, 0.5) is 20.6 Å². The number of rotatable bonds is 8. The molecule has 0 radical (unpaired) electrons. The molecule has 9 nitrogen and oxygen atoms in total. The summed E-state index contributed by atoms with van der Waals surface area (Å²) in [5.41, 5.74) is 1.29. The first-order valence-corrected chi connectivity index (χ1v) is 13.8. The van der Waals surface area contributed by atoms with E-state index in [1.54, 1.807) is 36.3 Å². The summed E-state index contributed by atoms with van der Waals surface area (Å²) in [4.78, 5) is 20.9. The Labute approximate surface area is 237 Å². The Morgan fingerprint density at radius 3 is 2.70 bits per heavy atom. The molecule has 0 atom stereocenters. The van der Waals surface area contributed by atoms with Gasteiger partial charge < -0.3 is 24.4 Å². The Morgan fingerprint density at radius 1 is 1.20 bits per heavy atom. The molecule has 0 saturated carbocycles. The second-order valence-corrected chi connectivity index (χ2v) is 10.3. The number of fused-ring (bicyclic) bond motifs is 1. The molecule has 0 bridgehead atoms. The van der Waals surface area contributed by atoms with Crippen molar-refractivity contribution in [3.8, 4) is 17.6 Å². The first kappa shape index (κ1) is 27.7. The van der Waals surface area contributed by atoms with Crippen molar-refractivity contribution in [2.75, 3.05) is 51.8 Å². The maximum Gasteiger partial charge on any atom is 0.409 e. The fraction of sp³-hybridized carbons (Fsp3) is 0.414. The number of ether oxygens (including phenoxy) is 3. The summed E-state index contributed by atoms with van der Waals surface area (Å²) in [6, 6.07) is 10.2. The number of pyridine rings is 1. The monoisotopic (exact) mass is 567 g/mol. The van der Waals surface area contributed by atoms with Gasteiger partial charge in [-0.15, -0.1) is 0 Å². The molecule has 0 aliphatic carbocycles. The zero-order chi connectivity index (χ0) is 28.1. The minimum absolute atomic E-state index is 0.0330. The minimum atomic E-state index is -0.621. The molecule has 2 fully saturated rings. The molecular weight excluding hydrogens is 537 g/mol. The number of hydrogen-bond acceptors (Lipinski definition) is 8.